The molecule has 0 fully saturated rings. The molecule has 3 aromatic rings. The molecule has 3 rings (SSSR count). The first-order valence-corrected chi connectivity index (χ1v) is 9.77. The molecule has 6 nitrogen and oxygen atoms in total. The fourth-order valence-electron chi connectivity index (χ4n) is 2.83. The van der Waals surface area contributed by atoms with Crippen LogP contribution in [0.15, 0.2) is 71.7 Å². The highest BCUT2D eigenvalue weighted by Gasteiger charge is 2.06. The molecule has 3 aromatic carbocycles. The van der Waals surface area contributed by atoms with E-state index in [2.05, 4.69) is 10.3 Å². The summed E-state index contributed by atoms with van der Waals surface area (Å²) in [5, 5.41) is 2.83. The first-order valence-electron chi connectivity index (χ1n) is 9.77. The minimum atomic E-state index is -0.411. The van der Waals surface area contributed by atoms with Crippen LogP contribution in [0.25, 0.3) is 0 Å². The Labute approximate surface area is 181 Å². The van der Waals surface area contributed by atoms with Crippen molar-refractivity contribution in [2.45, 2.75) is 13.8 Å². The first-order chi connectivity index (χ1) is 14.9. The molecule has 6 heteroatoms. The van der Waals surface area contributed by atoms with E-state index in [1.807, 2.05) is 44.2 Å². The molecular formula is C25H24N2O4. The van der Waals surface area contributed by atoms with Crippen LogP contribution in [-0.4, -0.2) is 31.8 Å². The van der Waals surface area contributed by atoms with Crippen molar-refractivity contribution in [1.29, 1.82) is 0 Å². The van der Waals surface area contributed by atoms with Crippen molar-refractivity contribution < 1.29 is 19.1 Å². The van der Waals surface area contributed by atoms with E-state index in [0.29, 0.717) is 17.0 Å². The van der Waals surface area contributed by atoms with Crippen molar-refractivity contribution in [3.63, 3.8) is 0 Å². The third-order valence-electron chi connectivity index (χ3n) is 4.65. The van der Waals surface area contributed by atoms with Crippen LogP contribution in [0.5, 0.6) is 5.75 Å². The van der Waals surface area contributed by atoms with Crippen LogP contribution in [0.1, 0.15) is 27.0 Å². The van der Waals surface area contributed by atoms with Crippen molar-refractivity contribution in [3.05, 3.63) is 89.0 Å². The van der Waals surface area contributed by atoms with Crippen LogP contribution < -0.4 is 10.1 Å². The molecular weight excluding hydrogens is 392 g/mol. The molecule has 0 bridgehead atoms. The van der Waals surface area contributed by atoms with Gasteiger partial charge in [0.2, 0.25) is 0 Å². The van der Waals surface area contributed by atoms with Gasteiger partial charge in [0, 0.05) is 11.9 Å². The maximum atomic E-state index is 12.2. The molecule has 0 heterocycles. The molecule has 31 heavy (non-hydrogen) atoms. The smallest absolute Gasteiger partial charge is 0.337 e. The van der Waals surface area contributed by atoms with Gasteiger partial charge in [0.05, 0.1) is 18.4 Å². The number of amides is 1. The number of anilines is 1. The van der Waals surface area contributed by atoms with Gasteiger partial charge in [0.15, 0.2) is 6.61 Å². The number of rotatable bonds is 7. The summed E-state index contributed by atoms with van der Waals surface area (Å²) in [6.07, 6.45) is 1.67. The van der Waals surface area contributed by atoms with Crippen LogP contribution >= 0.6 is 0 Å². The van der Waals surface area contributed by atoms with Crippen LogP contribution in [0.3, 0.4) is 0 Å². The second kappa shape index (κ2) is 10.2. The number of carbonyl (C=O) groups excluding carboxylic acids is 2. The molecule has 1 amide bonds. The normalized spacial score (nSPS) is 10.7. The van der Waals surface area contributed by atoms with E-state index in [9.17, 15) is 9.59 Å². The molecule has 0 saturated carbocycles. The molecule has 0 saturated heterocycles. The number of nitrogens with one attached hydrogen (secondary N) is 1. The van der Waals surface area contributed by atoms with E-state index in [-0.39, 0.29) is 12.5 Å². The molecule has 1 N–H and O–H groups in total. The molecule has 0 unspecified atom stereocenters. The maximum absolute atomic E-state index is 12.2. The topological polar surface area (TPSA) is 77.0 Å². The van der Waals surface area contributed by atoms with Gasteiger partial charge in [-0.15, -0.1) is 0 Å². The summed E-state index contributed by atoms with van der Waals surface area (Å²) in [6.45, 7) is 3.92. The largest absolute Gasteiger partial charge is 0.484 e. The summed E-state index contributed by atoms with van der Waals surface area (Å²) in [6, 6.07) is 19.9. The number of aliphatic imine (C=N–C) groups is 1. The van der Waals surface area contributed by atoms with Crippen molar-refractivity contribution in [2.24, 2.45) is 4.99 Å². The Bertz CT molecular complexity index is 1120. The number of hydrogen-bond donors (Lipinski definition) is 1. The van der Waals surface area contributed by atoms with Crippen molar-refractivity contribution in [1.82, 2.24) is 0 Å². The molecule has 0 atom stereocenters. The highest BCUT2D eigenvalue weighted by atomic mass is 16.5. The van der Waals surface area contributed by atoms with E-state index in [0.717, 1.165) is 16.8 Å². The van der Waals surface area contributed by atoms with Crippen molar-refractivity contribution in [3.8, 4) is 5.75 Å². The number of aryl methyl sites for hydroxylation is 2. The minimum Gasteiger partial charge on any atom is -0.484 e. The Kier molecular flexibility index (Phi) is 7.17. The van der Waals surface area contributed by atoms with Gasteiger partial charge in [-0.05, 0) is 73.0 Å². The number of esters is 1. The van der Waals surface area contributed by atoms with Crippen LogP contribution in [0, 0.1) is 13.8 Å². The van der Waals surface area contributed by atoms with E-state index < -0.39 is 5.97 Å². The zero-order valence-corrected chi connectivity index (χ0v) is 17.7. The lowest BCUT2D eigenvalue weighted by molar-refractivity contribution is -0.118. The lowest BCUT2D eigenvalue weighted by Gasteiger charge is -2.09. The standard InChI is InChI=1S/C25H24N2O4/c1-17-10-11-22(12-18(17)2)27-24(28)16-31-23-9-4-6-19(13-23)15-26-21-8-5-7-20(14-21)25(29)30-3/h4-15H,16H2,1-3H3,(H,27,28). The van der Waals surface area contributed by atoms with E-state index >= 15 is 0 Å². The second-order valence-electron chi connectivity index (χ2n) is 7.01. The highest BCUT2D eigenvalue weighted by molar-refractivity contribution is 5.92. The van der Waals surface area contributed by atoms with Gasteiger partial charge in [-0.3, -0.25) is 9.79 Å². The van der Waals surface area contributed by atoms with E-state index in [1.54, 1.807) is 42.6 Å². The molecule has 0 radical (unpaired) electrons. The Morgan fingerprint density at radius 2 is 1.77 bits per heavy atom. The average Bonchev–Trinajstić information content (AvgIpc) is 2.79. The lowest BCUT2D eigenvalue weighted by atomic mass is 10.1. The molecule has 0 aliphatic rings. The second-order valence-corrected chi connectivity index (χ2v) is 7.01. The highest BCUT2D eigenvalue weighted by Crippen LogP contribution is 2.17. The molecule has 0 aliphatic carbocycles. The number of ether oxygens (including phenoxy) is 2. The first kappa shape index (κ1) is 21.8. The predicted octanol–water partition coefficient (Wildman–Crippen LogP) is 4.86. The quantitative estimate of drug-likeness (QED) is 0.441. The zero-order chi connectivity index (χ0) is 22.2. The van der Waals surface area contributed by atoms with Crippen molar-refractivity contribution in [2.75, 3.05) is 19.0 Å². The van der Waals surface area contributed by atoms with E-state index in [1.165, 1.54) is 12.7 Å². The predicted molar refractivity (Wildman–Crippen MR) is 122 cm³/mol. The van der Waals surface area contributed by atoms with Crippen LogP contribution in [0.4, 0.5) is 11.4 Å². The monoisotopic (exact) mass is 416 g/mol. The van der Waals surface area contributed by atoms with Gasteiger partial charge in [0.1, 0.15) is 5.75 Å². The zero-order valence-electron chi connectivity index (χ0n) is 17.7. The number of methoxy groups -OCH3 is 1. The number of carbonyl (C=O) groups is 2. The SMILES string of the molecule is COC(=O)c1cccc(N=Cc2cccc(OCC(=O)Nc3ccc(C)c(C)c3)c2)c1. The fraction of sp³-hybridized carbons (Fsp3) is 0.160. The Morgan fingerprint density at radius 3 is 2.55 bits per heavy atom. The molecule has 0 aromatic heterocycles. The third-order valence-corrected chi connectivity index (χ3v) is 4.65. The Morgan fingerprint density at radius 1 is 0.968 bits per heavy atom. The molecule has 158 valence electrons. The number of nitrogens with zero attached hydrogens (tertiary/aromatic N) is 1. The number of benzene rings is 3. The third kappa shape index (κ3) is 6.27. The number of hydrogen-bond acceptors (Lipinski definition) is 5. The summed E-state index contributed by atoms with van der Waals surface area (Å²) < 4.78 is 10.3. The van der Waals surface area contributed by atoms with Gasteiger partial charge in [-0.1, -0.05) is 24.3 Å². The van der Waals surface area contributed by atoms with Gasteiger partial charge in [-0.2, -0.15) is 0 Å². The summed E-state index contributed by atoms with van der Waals surface area (Å²) in [5.41, 5.74) is 4.89. The maximum Gasteiger partial charge on any atom is 0.337 e. The summed E-state index contributed by atoms with van der Waals surface area (Å²) in [4.78, 5) is 28.2. The lowest BCUT2D eigenvalue weighted by Crippen LogP contribution is -2.20. The van der Waals surface area contributed by atoms with Gasteiger partial charge < -0.3 is 14.8 Å². The van der Waals surface area contributed by atoms with Crippen LogP contribution in [-0.2, 0) is 9.53 Å². The average molecular weight is 416 g/mol. The summed E-state index contributed by atoms with van der Waals surface area (Å²) in [7, 11) is 1.34. The summed E-state index contributed by atoms with van der Waals surface area (Å²) in [5.74, 6) is -0.0871. The van der Waals surface area contributed by atoms with Gasteiger partial charge in [0.25, 0.3) is 5.91 Å². The van der Waals surface area contributed by atoms with E-state index in [4.69, 9.17) is 9.47 Å². The van der Waals surface area contributed by atoms with Gasteiger partial charge in [-0.25, -0.2) is 4.79 Å². The molecule has 0 spiro atoms. The van der Waals surface area contributed by atoms with Crippen molar-refractivity contribution >= 4 is 29.5 Å². The Balaban J connectivity index is 1.60. The fourth-order valence-corrected chi connectivity index (χ4v) is 2.83. The van der Waals surface area contributed by atoms with Crippen LogP contribution in [0.2, 0.25) is 0 Å². The Hall–Kier alpha value is -3.93. The minimum absolute atomic E-state index is 0.102. The molecule has 0 aliphatic heterocycles. The summed E-state index contributed by atoms with van der Waals surface area (Å²) >= 11 is 0. The van der Waals surface area contributed by atoms with Gasteiger partial charge >= 0.3 is 5.97 Å².